The van der Waals surface area contributed by atoms with Crippen LogP contribution in [-0.4, -0.2) is 24.9 Å². The summed E-state index contributed by atoms with van der Waals surface area (Å²) in [4.78, 5) is 11.9. The van der Waals surface area contributed by atoms with Gasteiger partial charge in [-0.3, -0.25) is 0 Å². The molecule has 1 aliphatic carbocycles. The number of carbonyl (C=O) groups is 1. The van der Waals surface area contributed by atoms with Crippen LogP contribution in [0.4, 0.5) is 4.39 Å². The molecule has 0 saturated heterocycles. The lowest BCUT2D eigenvalue weighted by molar-refractivity contribution is -0.157. The van der Waals surface area contributed by atoms with Crippen molar-refractivity contribution in [3.05, 3.63) is 53.6 Å². The molecule has 1 fully saturated rings. The molecule has 0 aromatic heterocycles. The van der Waals surface area contributed by atoms with Gasteiger partial charge in [-0.25, -0.2) is 9.18 Å². The van der Waals surface area contributed by atoms with Crippen LogP contribution in [0.5, 0.6) is 5.75 Å². The predicted octanol–water partition coefficient (Wildman–Crippen LogP) is 7.97. The van der Waals surface area contributed by atoms with Crippen molar-refractivity contribution in [2.75, 3.05) is 6.61 Å². The maximum Gasteiger partial charge on any atom is 0.340 e. The molecule has 0 N–H and O–H groups in total. The van der Waals surface area contributed by atoms with Gasteiger partial charge in [0.25, 0.3) is 0 Å². The molecule has 0 aliphatic heterocycles. The van der Waals surface area contributed by atoms with Crippen LogP contribution in [0.3, 0.4) is 0 Å². The van der Waals surface area contributed by atoms with E-state index in [1.54, 1.807) is 0 Å². The smallest absolute Gasteiger partial charge is 0.340 e. The fourth-order valence-corrected chi connectivity index (χ4v) is 4.76. The molecule has 36 heavy (non-hydrogen) atoms. The van der Waals surface area contributed by atoms with Crippen molar-refractivity contribution in [3.63, 3.8) is 0 Å². The van der Waals surface area contributed by atoms with E-state index in [2.05, 4.69) is 37.3 Å². The Balaban J connectivity index is 1.45. The molecule has 1 atom stereocenters. The minimum Gasteiger partial charge on any atom is -0.492 e. The van der Waals surface area contributed by atoms with Gasteiger partial charge in [-0.15, -0.1) is 0 Å². The summed E-state index contributed by atoms with van der Waals surface area (Å²) in [7, 11) is 0. The highest BCUT2D eigenvalue weighted by Gasteiger charge is 2.27. The number of unbranched alkanes of at least 4 members (excludes halogenated alkanes) is 2. The Morgan fingerprint density at radius 2 is 1.72 bits per heavy atom. The quantitative estimate of drug-likeness (QED) is 0.210. The Morgan fingerprint density at radius 3 is 2.39 bits per heavy atom. The van der Waals surface area contributed by atoms with E-state index in [0.29, 0.717) is 30.3 Å². The van der Waals surface area contributed by atoms with E-state index in [4.69, 9.17) is 9.47 Å². The van der Waals surface area contributed by atoms with Crippen LogP contribution in [0.25, 0.3) is 11.1 Å². The summed E-state index contributed by atoms with van der Waals surface area (Å²) < 4.78 is 25.1. The van der Waals surface area contributed by atoms with Gasteiger partial charge in [-0.05, 0) is 86.1 Å². The van der Waals surface area contributed by atoms with Gasteiger partial charge in [0.15, 0.2) is 6.17 Å². The van der Waals surface area contributed by atoms with Crippen LogP contribution in [0.1, 0.15) is 89.2 Å². The van der Waals surface area contributed by atoms with Crippen molar-refractivity contribution >= 4 is 5.97 Å². The first-order valence-corrected chi connectivity index (χ1v) is 13.6. The number of benzene rings is 2. The molecule has 194 valence electrons. The standard InChI is InChI=1S/C31H40FNO3/c1-3-5-7-29(32)31(34)36-28-17-12-24(13-18-28)9-8-23-10-14-25(15-11-23)26-16-19-30(27(21-26)22-33)35-20-6-4-2/h10-11,14-16,19,21,24,28-29H,3-9,12-13,17-18,20H2,1-2H3/t24?,28?,29-/m0/s1. The Labute approximate surface area is 215 Å². The van der Waals surface area contributed by atoms with Gasteiger partial charge < -0.3 is 9.47 Å². The molecule has 0 spiro atoms. The largest absolute Gasteiger partial charge is 0.492 e. The maximum absolute atomic E-state index is 13.9. The van der Waals surface area contributed by atoms with Crippen molar-refractivity contribution in [2.24, 2.45) is 5.92 Å². The third-order valence-corrected chi connectivity index (χ3v) is 7.13. The first-order valence-electron chi connectivity index (χ1n) is 13.6. The van der Waals surface area contributed by atoms with E-state index in [-0.39, 0.29) is 12.5 Å². The van der Waals surface area contributed by atoms with Crippen LogP contribution in [0.15, 0.2) is 42.5 Å². The van der Waals surface area contributed by atoms with Gasteiger partial charge >= 0.3 is 5.97 Å². The molecule has 3 rings (SSSR count). The number of carbonyl (C=O) groups excluding carboxylic acids is 1. The Hall–Kier alpha value is -2.87. The Bertz CT molecular complexity index is 990. The normalized spacial score (nSPS) is 18.3. The second kappa shape index (κ2) is 14.6. The lowest BCUT2D eigenvalue weighted by atomic mass is 9.83. The highest BCUT2D eigenvalue weighted by Crippen LogP contribution is 2.31. The van der Waals surface area contributed by atoms with Crippen molar-refractivity contribution in [2.45, 2.75) is 96.8 Å². The Morgan fingerprint density at radius 1 is 1.03 bits per heavy atom. The number of esters is 1. The summed E-state index contributed by atoms with van der Waals surface area (Å²) in [5.74, 6) is 0.587. The first-order chi connectivity index (χ1) is 17.5. The Kier molecular flexibility index (Phi) is 11.3. The minimum absolute atomic E-state index is 0.130. The molecule has 0 amide bonds. The van der Waals surface area contributed by atoms with E-state index < -0.39 is 12.1 Å². The lowest BCUT2D eigenvalue weighted by Crippen LogP contribution is -2.29. The zero-order chi connectivity index (χ0) is 25.8. The molecule has 5 heteroatoms. The average molecular weight is 494 g/mol. The number of hydrogen-bond acceptors (Lipinski definition) is 4. The summed E-state index contributed by atoms with van der Waals surface area (Å²) in [6.07, 6.45) is 8.09. The second-order valence-electron chi connectivity index (χ2n) is 9.95. The summed E-state index contributed by atoms with van der Waals surface area (Å²) in [6, 6.07) is 16.6. The molecule has 0 bridgehead atoms. The molecule has 0 unspecified atom stereocenters. The summed E-state index contributed by atoms with van der Waals surface area (Å²) in [6.45, 7) is 4.73. The molecule has 0 radical (unpaired) electrons. The molecule has 2 aromatic rings. The highest BCUT2D eigenvalue weighted by atomic mass is 19.1. The topological polar surface area (TPSA) is 59.3 Å². The van der Waals surface area contributed by atoms with E-state index >= 15 is 0 Å². The molecular formula is C31H40FNO3. The van der Waals surface area contributed by atoms with Crippen LogP contribution in [0, 0.1) is 17.2 Å². The summed E-state index contributed by atoms with van der Waals surface area (Å²) in [5, 5.41) is 9.53. The molecule has 1 aliphatic rings. The van der Waals surface area contributed by atoms with Crippen molar-refractivity contribution in [3.8, 4) is 22.9 Å². The van der Waals surface area contributed by atoms with E-state index in [1.165, 1.54) is 5.56 Å². The number of ether oxygens (including phenoxy) is 2. The fraction of sp³-hybridized carbons (Fsp3) is 0.548. The molecular weight excluding hydrogens is 453 g/mol. The average Bonchev–Trinajstić information content (AvgIpc) is 2.91. The summed E-state index contributed by atoms with van der Waals surface area (Å²) in [5.41, 5.74) is 3.96. The maximum atomic E-state index is 13.9. The van der Waals surface area contributed by atoms with E-state index in [9.17, 15) is 14.4 Å². The minimum atomic E-state index is -1.48. The van der Waals surface area contributed by atoms with Gasteiger partial charge in [-0.1, -0.05) is 63.4 Å². The lowest BCUT2D eigenvalue weighted by Gasteiger charge is -2.28. The monoisotopic (exact) mass is 493 g/mol. The van der Waals surface area contributed by atoms with Crippen molar-refractivity contribution in [1.29, 1.82) is 5.26 Å². The number of halogens is 1. The zero-order valence-corrected chi connectivity index (χ0v) is 21.8. The van der Waals surface area contributed by atoms with Gasteiger partial charge in [-0.2, -0.15) is 5.26 Å². The SMILES string of the molecule is CCCCOc1ccc(-c2ccc(CCC3CCC(OC(=O)[C@@H](F)CCCC)CC3)cc2)cc1C#N. The van der Waals surface area contributed by atoms with Gasteiger partial charge in [0.2, 0.25) is 0 Å². The number of nitrogens with zero attached hydrogens (tertiary/aromatic N) is 1. The van der Waals surface area contributed by atoms with Gasteiger partial charge in [0, 0.05) is 0 Å². The fourth-order valence-electron chi connectivity index (χ4n) is 4.76. The van der Waals surface area contributed by atoms with Crippen molar-refractivity contribution in [1.82, 2.24) is 0 Å². The number of rotatable bonds is 13. The molecule has 1 saturated carbocycles. The molecule has 4 nitrogen and oxygen atoms in total. The zero-order valence-electron chi connectivity index (χ0n) is 21.8. The van der Waals surface area contributed by atoms with Crippen LogP contribution >= 0.6 is 0 Å². The summed E-state index contributed by atoms with van der Waals surface area (Å²) >= 11 is 0. The number of hydrogen-bond donors (Lipinski definition) is 0. The number of alkyl halides is 1. The predicted molar refractivity (Wildman–Crippen MR) is 142 cm³/mol. The highest BCUT2D eigenvalue weighted by molar-refractivity contribution is 5.74. The number of aryl methyl sites for hydroxylation is 1. The van der Waals surface area contributed by atoms with Gasteiger partial charge in [0.05, 0.1) is 12.2 Å². The first kappa shape index (κ1) is 27.7. The van der Waals surface area contributed by atoms with Crippen molar-refractivity contribution < 1.29 is 18.7 Å². The van der Waals surface area contributed by atoms with Crippen LogP contribution < -0.4 is 4.74 Å². The third-order valence-electron chi connectivity index (χ3n) is 7.13. The van der Waals surface area contributed by atoms with Crippen LogP contribution in [0.2, 0.25) is 0 Å². The third kappa shape index (κ3) is 8.36. The van der Waals surface area contributed by atoms with E-state index in [1.807, 2.05) is 25.1 Å². The molecule has 0 heterocycles. The molecule has 2 aromatic carbocycles. The van der Waals surface area contributed by atoms with Gasteiger partial charge in [0.1, 0.15) is 17.9 Å². The van der Waals surface area contributed by atoms with E-state index in [0.717, 1.165) is 68.9 Å². The second-order valence-corrected chi connectivity index (χ2v) is 9.95. The number of nitriles is 1. The van der Waals surface area contributed by atoms with Crippen LogP contribution in [-0.2, 0) is 16.0 Å².